The number of hydrogen-bond donors (Lipinski definition) is 0. The maximum Gasteiger partial charge on any atom is 0.244 e. The third kappa shape index (κ3) is 2.58. The lowest BCUT2D eigenvalue weighted by molar-refractivity contribution is -0.118. The van der Waals surface area contributed by atoms with E-state index in [0.717, 1.165) is 11.1 Å². The second-order valence-corrected chi connectivity index (χ2v) is 6.38. The minimum atomic E-state index is -0.198. The molecular formula is C16H17ClN4O. The average molecular weight is 317 g/mol. The third-order valence-corrected chi connectivity index (χ3v) is 4.23. The highest BCUT2D eigenvalue weighted by atomic mass is 35.5. The third-order valence-electron chi connectivity index (χ3n) is 4.02. The molecule has 2 aromatic rings. The molecule has 0 atom stereocenters. The van der Waals surface area contributed by atoms with Crippen LogP contribution in [0.5, 0.6) is 0 Å². The van der Waals surface area contributed by atoms with E-state index in [1.807, 2.05) is 44.1 Å². The molecule has 1 amide bonds. The normalized spacial score (nSPS) is 18.0. The first-order valence-corrected chi connectivity index (χ1v) is 7.41. The highest BCUT2D eigenvalue weighted by Crippen LogP contribution is 2.32. The molecule has 22 heavy (non-hydrogen) atoms. The van der Waals surface area contributed by atoms with Crippen molar-refractivity contribution in [2.75, 3.05) is 12.1 Å². The minimum Gasteiger partial charge on any atom is -0.273 e. The molecule has 0 aromatic carbocycles. The zero-order valence-electron chi connectivity index (χ0n) is 12.7. The van der Waals surface area contributed by atoms with Crippen LogP contribution in [-0.2, 0) is 4.79 Å². The highest BCUT2D eigenvalue weighted by Gasteiger charge is 2.42. The molecule has 0 unspecified atom stereocenters. The van der Waals surface area contributed by atoms with Crippen molar-refractivity contribution < 1.29 is 4.79 Å². The first kappa shape index (κ1) is 14.9. The summed E-state index contributed by atoms with van der Waals surface area (Å²) in [6.45, 7) is 4.08. The Labute approximate surface area is 134 Å². The minimum absolute atomic E-state index is 0.0553. The second kappa shape index (κ2) is 5.34. The molecule has 5 nitrogen and oxygen atoms in total. The number of anilines is 1. The van der Waals surface area contributed by atoms with Gasteiger partial charge in [0.2, 0.25) is 5.91 Å². The number of pyridine rings is 2. The Morgan fingerprint density at radius 3 is 2.50 bits per heavy atom. The maximum absolute atomic E-state index is 12.2. The zero-order chi connectivity index (χ0) is 15.9. The van der Waals surface area contributed by atoms with Crippen molar-refractivity contribution in [2.45, 2.75) is 25.8 Å². The van der Waals surface area contributed by atoms with E-state index in [2.05, 4.69) is 9.97 Å². The molecule has 6 heteroatoms. The van der Waals surface area contributed by atoms with Crippen molar-refractivity contribution >= 4 is 23.3 Å². The number of hydrazine groups is 1. The van der Waals surface area contributed by atoms with Gasteiger partial charge in [0.05, 0.1) is 0 Å². The number of amides is 1. The SMILES string of the molecule is CN1N(c2ccc(-c3ccnc(Cl)c3)cn2)C(=O)CC1(C)C. The van der Waals surface area contributed by atoms with Gasteiger partial charge in [0.15, 0.2) is 0 Å². The van der Waals surface area contributed by atoms with Crippen molar-refractivity contribution in [3.63, 3.8) is 0 Å². The van der Waals surface area contributed by atoms with Crippen molar-refractivity contribution in [3.05, 3.63) is 41.8 Å². The van der Waals surface area contributed by atoms with Gasteiger partial charge >= 0.3 is 0 Å². The van der Waals surface area contributed by atoms with Gasteiger partial charge in [0.25, 0.3) is 0 Å². The van der Waals surface area contributed by atoms with Crippen LogP contribution in [0.25, 0.3) is 11.1 Å². The van der Waals surface area contributed by atoms with Crippen LogP contribution < -0.4 is 5.01 Å². The molecule has 1 fully saturated rings. The molecule has 2 aromatic heterocycles. The van der Waals surface area contributed by atoms with Crippen molar-refractivity contribution in [1.82, 2.24) is 15.0 Å². The Kier molecular flexibility index (Phi) is 3.62. The van der Waals surface area contributed by atoms with Gasteiger partial charge in [-0.25, -0.2) is 20.0 Å². The Morgan fingerprint density at radius 2 is 1.95 bits per heavy atom. The van der Waals surface area contributed by atoms with E-state index < -0.39 is 0 Å². The summed E-state index contributed by atoms with van der Waals surface area (Å²) < 4.78 is 0. The number of nitrogens with zero attached hydrogens (tertiary/aromatic N) is 4. The van der Waals surface area contributed by atoms with Gasteiger partial charge < -0.3 is 0 Å². The Morgan fingerprint density at radius 1 is 1.18 bits per heavy atom. The second-order valence-electron chi connectivity index (χ2n) is 5.99. The van der Waals surface area contributed by atoms with Gasteiger partial charge in [-0.2, -0.15) is 0 Å². The summed E-state index contributed by atoms with van der Waals surface area (Å²) >= 11 is 5.91. The lowest BCUT2D eigenvalue weighted by Gasteiger charge is -2.32. The van der Waals surface area contributed by atoms with Crippen LogP contribution in [0.15, 0.2) is 36.7 Å². The molecule has 1 saturated heterocycles. The lowest BCUT2D eigenvalue weighted by Crippen LogP contribution is -2.44. The van der Waals surface area contributed by atoms with E-state index in [9.17, 15) is 4.79 Å². The molecule has 0 saturated carbocycles. The molecule has 0 aliphatic carbocycles. The van der Waals surface area contributed by atoms with Crippen LogP contribution in [0.3, 0.4) is 0 Å². The van der Waals surface area contributed by atoms with Crippen LogP contribution >= 0.6 is 11.6 Å². The number of halogens is 1. The van der Waals surface area contributed by atoms with Crippen LogP contribution in [0.2, 0.25) is 5.15 Å². The van der Waals surface area contributed by atoms with Crippen LogP contribution in [0.4, 0.5) is 5.82 Å². The van der Waals surface area contributed by atoms with Crippen LogP contribution in [-0.4, -0.2) is 33.5 Å². The van der Waals surface area contributed by atoms with Gasteiger partial charge in [0, 0.05) is 37.0 Å². The fourth-order valence-electron chi connectivity index (χ4n) is 2.54. The Hall–Kier alpha value is -1.98. The van der Waals surface area contributed by atoms with Gasteiger partial charge in [-0.15, -0.1) is 0 Å². The van der Waals surface area contributed by atoms with Gasteiger partial charge in [-0.05, 0) is 43.7 Å². The predicted octanol–water partition coefficient (Wildman–Crippen LogP) is 3.16. The van der Waals surface area contributed by atoms with Crippen molar-refractivity contribution in [2.24, 2.45) is 0 Å². The number of carbonyl (C=O) groups is 1. The summed E-state index contributed by atoms with van der Waals surface area (Å²) in [5.41, 5.74) is 1.68. The van der Waals surface area contributed by atoms with E-state index in [1.54, 1.807) is 23.5 Å². The average Bonchev–Trinajstić information content (AvgIpc) is 2.67. The molecule has 0 N–H and O–H groups in total. The summed E-state index contributed by atoms with van der Waals surface area (Å²) in [5, 5.41) is 4.00. The Bertz CT molecular complexity index is 714. The Balaban J connectivity index is 1.91. The largest absolute Gasteiger partial charge is 0.273 e. The topological polar surface area (TPSA) is 49.3 Å². The number of rotatable bonds is 2. The first-order chi connectivity index (χ1) is 10.4. The van der Waals surface area contributed by atoms with E-state index in [4.69, 9.17) is 11.6 Å². The summed E-state index contributed by atoms with van der Waals surface area (Å²) in [6.07, 6.45) is 3.88. The molecule has 1 aliphatic rings. The van der Waals surface area contributed by atoms with Gasteiger partial charge in [-0.3, -0.25) is 4.79 Å². The summed E-state index contributed by atoms with van der Waals surface area (Å²) in [5.74, 6) is 0.682. The maximum atomic E-state index is 12.2. The van der Waals surface area contributed by atoms with Gasteiger partial charge in [0.1, 0.15) is 11.0 Å². The molecule has 0 spiro atoms. The van der Waals surface area contributed by atoms with E-state index in [1.165, 1.54) is 0 Å². The lowest BCUT2D eigenvalue weighted by atomic mass is 10.0. The molecule has 0 radical (unpaired) electrons. The van der Waals surface area contributed by atoms with Crippen molar-refractivity contribution in [3.8, 4) is 11.1 Å². The molecule has 114 valence electrons. The molecular weight excluding hydrogens is 300 g/mol. The highest BCUT2D eigenvalue weighted by molar-refractivity contribution is 6.29. The molecule has 3 heterocycles. The summed E-state index contributed by atoms with van der Waals surface area (Å²) in [6, 6.07) is 7.44. The van der Waals surface area contributed by atoms with Gasteiger partial charge in [-0.1, -0.05) is 11.6 Å². The van der Waals surface area contributed by atoms with Crippen molar-refractivity contribution in [1.29, 1.82) is 0 Å². The zero-order valence-corrected chi connectivity index (χ0v) is 13.5. The van der Waals surface area contributed by atoms with Crippen LogP contribution in [0.1, 0.15) is 20.3 Å². The standard InChI is InChI=1S/C16H17ClN4O/c1-16(2)9-15(22)21(20(16)3)14-5-4-12(10-19-14)11-6-7-18-13(17)8-11/h4-8,10H,9H2,1-3H3. The number of hydrogen-bond acceptors (Lipinski definition) is 4. The quantitative estimate of drug-likeness (QED) is 0.799. The fourth-order valence-corrected chi connectivity index (χ4v) is 2.72. The number of aromatic nitrogens is 2. The summed E-state index contributed by atoms with van der Waals surface area (Å²) in [4.78, 5) is 20.6. The molecule has 0 bridgehead atoms. The monoisotopic (exact) mass is 316 g/mol. The van der Waals surface area contributed by atoms with E-state index >= 15 is 0 Å². The summed E-state index contributed by atoms with van der Waals surface area (Å²) in [7, 11) is 1.91. The van der Waals surface area contributed by atoms with E-state index in [-0.39, 0.29) is 11.4 Å². The van der Waals surface area contributed by atoms with E-state index in [0.29, 0.717) is 17.4 Å². The molecule has 1 aliphatic heterocycles. The fraction of sp³-hybridized carbons (Fsp3) is 0.312. The molecule has 3 rings (SSSR count). The van der Waals surface area contributed by atoms with Crippen LogP contribution in [0, 0.1) is 0 Å². The predicted molar refractivity (Wildman–Crippen MR) is 86.4 cm³/mol. The first-order valence-electron chi connectivity index (χ1n) is 7.03. The smallest absolute Gasteiger partial charge is 0.244 e. The number of carbonyl (C=O) groups excluding carboxylic acids is 1.